The van der Waals surface area contributed by atoms with E-state index in [1.54, 1.807) is 12.1 Å². The first-order valence-electron chi connectivity index (χ1n) is 5.86. The number of benzene rings is 1. The summed E-state index contributed by atoms with van der Waals surface area (Å²) in [5.41, 5.74) is 1.65. The molecule has 0 atom stereocenters. The zero-order valence-electron chi connectivity index (χ0n) is 11.0. The largest absolute Gasteiger partial charge is 0.462 e. The Morgan fingerprint density at radius 1 is 1.30 bits per heavy atom. The number of methoxy groups -OCH3 is 1. The van der Waals surface area contributed by atoms with E-state index in [0.717, 1.165) is 5.56 Å². The molecule has 7 nitrogen and oxygen atoms in total. The monoisotopic (exact) mass is 275 g/mol. The van der Waals surface area contributed by atoms with Crippen LogP contribution >= 0.6 is 0 Å². The summed E-state index contributed by atoms with van der Waals surface area (Å²) in [4.78, 5) is 25.9. The summed E-state index contributed by atoms with van der Waals surface area (Å²) in [5, 5.41) is 6.40. The van der Waals surface area contributed by atoms with Crippen LogP contribution in [0.3, 0.4) is 0 Å². The molecule has 1 heterocycles. The summed E-state index contributed by atoms with van der Waals surface area (Å²) in [6, 6.07) is 7.23. The van der Waals surface area contributed by atoms with E-state index < -0.39 is 5.97 Å². The average Bonchev–Trinajstić information content (AvgIpc) is 2.94. The quantitative estimate of drug-likeness (QED) is 0.841. The normalized spacial score (nSPS) is 10.1. The number of hydrogen-bond donors (Lipinski definition) is 1. The van der Waals surface area contributed by atoms with Crippen LogP contribution in [0, 0.1) is 0 Å². The van der Waals surface area contributed by atoms with Gasteiger partial charge in [0.2, 0.25) is 11.7 Å². The molecule has 20 heavy (non-hydrogen) atoms. The highest BCUT2D eigenvalue weighted by Gasteiger charge is 2.16. The van der Waals surface area contributed by atoms with Crippen LogP contribution in [-0.2, 0) is 16.1 Å². The highest BCUT2D eigenvalue weighted by molar-refractivity contribution is 5.84. The summed E-state index contributed by atoms with van der Waals surface area (Å²) in [7, 11) is 1.24. The van der Waals surface area contributed by atoms with E-state index in [0.29, 0.717) is 17.9 Å². The molecule has 2 rings (SSSR count). The molecule has 7 heteroatoms. The lowest BCUT2D eigenvalue weighted by molar-refractivity contribution is -0.119. The lowest BCUT2D eigenvalue weighted by Gasteiger charge is -2.02. The van der Waals surface area contributed by atoms with Crippen LogP contribution in [0.1, 0.15) is 23.2 Å². The maximum Gasteiger partial charge on any atom is 0.397 e. The fourth-order valence-electron chi connectivity index (χ4n) is 1.51. The van der Waals surface area contributed by atoms with E-state index in [-0.39, 0.29) is 11.8 Å². The first-order chi connectivity index (χ1) is 9.60. The van der Waals surface area contributed by atoms with Gasteiger partial charge in [-0.1, -0.05) is 29.4 Å². The Hall–Kier alpha value is -2.70. The molecule has 1 aromatic heterocycles. The van der Waals surface area contributed by atoms with Crippen molar-refractivity contribution in [2.45, 2.75) is 13.5 Å². The Morgan fingerprint density at radius 3 is 2.60 bits per heavy atom. The maximum atomic E-state index is 11.2. The molecule has 0 aliphatic heterocycles. The third-order valence-electron chi connectivity index (χ3n) is 2.54. The molecular formula is C13H13N3O4. The number of nitrogens with one attached hydrogen (secondary N) is 1. The van der Waals surface area contributed by atoms with Crippen molar-refractivity contribution in [3.05, 3.63) is 35.7 Å². The van der Waals surface area contributed by atoms with Crippen LogP contribution in [0.5, 0.6) is 0 Å². The smallest absolute Gasteiger partial charge is 0.397 e. The summed E-state index contributed by atoms with van der Waals surface area (Å²) >= 11 is 0. The van der Waals surface area contributed by atoms with Crippen molar-refractivity contribution in [2.75, 3.05) is 7.11 Å². The van der Waals surface area contributed by atoms with Crippen molar-refractivity contribution in [3.63, 3.8) is 0 Å². The van der Waals surface area contributed by atoms with Crippen LogP contribution in [-0.4, -0.2) is 29.1 Å². The molecule has 0 aliphatic carbocycles. The first-order valence-corrected chi connectivity index (χ1v) is 5.86. The number of esters is 1. The molecule has 0 bridgehead atoms. The third kappa shape index (κ3) is 3.19. The summed E-state index contributed by atoms with van der Waals surface area (Å²) < 4.78 is 9.27. The molecule has 0 spiro atoms. The van der Waals surface area contributed by atoms with Gasteiger partial charge >= 0.3 is 11.9 Å². The number of nitrogens with zero attached hydrogens (tertiary/aromatic N) is 2. The van der Waals surface area contributed by atoms with E-state index in [1.807, 2.05) is 12.1 Å². The Morgan fingerprint density at radius 2 is 2.00 bits per heavy atom. The lowest BCUT2D eigenvalue weighted by atomic mass is 10.1. The molecule has 0 unspecified atom stereocenters. The first kappa shape index (κ1) is 13.7. The van der Waals surface area contributed by atoms with Crippen LogP contribution in [0.25, 0.3) is 11.4 Å². The molecule has 0 saturated carbocycles. The fourth-order valence-corrected chi connectivity index (χ4v) is 1.51. The van der Waals surface area contributed by atoms with E-state index in [9.17, 15) is 9.59 Å². The van der Waals surface area contributed by atoms with Crippen molar-refractivity contribution in [2.24, 2.45) is 0 Å². The van der Waals surface area contributed by atoms with E-state index in [4.69, 9.17) is 4.52 Å². The number of amides is 1. The minimum atomic E-state index is -0.675. The fraction of sp³-hybridized carbons (Fsp3) is 0.231. The predicted molar refractivity (Wildman–Crippen MR) is 68.6 cm³/mol. The molecule has 104 valence electrons. The standard InChI is InChI=1S/C13H13N3O4/c1-8(17)14-7-9-3-5-10(6-4-9)11-15-12(20-16-11)13(18)19-2/h3-6H,7H2,1-2H3,(H,14,17). The highest BCUT2D eigenvalue weighted by Crippen LogP contribution is 2.16. The SMILES string of the molecule is COC(=O)c1nc(-c2ccc(CNC(C)=O)cc2)no1. The van der Waals surface area contributed by atoms with Gasteiger partial charge in [-0.2, -0.15) is 4.98 Å². The van der Waals surface area contributed by atoms with Gasteiger partial charge in [0.1, 0.15) is 0 Å². The van der Waals surface area contributed by atoms with Crippen LogP contribution < -0.4 is 5.32 Å². The molecule has 0 fully saturated rings. The Bertz CT molecular complexity index is 619. The molecule has 0 radical (unpaired) electrons. The molecule has 1 aromatic carbocycles. The van der Waals surface area contributed by atoms with Gasteiger partial charge in [-0.15, -0.1) is 0 Å². The Kier molecular flexibility index (Phi) is 4.09. The number of rotatable bonds is 4. The van der Waals surface area contributed by atoms with Gasteiger partial charge in [0.15, 0.2) is 0 Å². The summed E-state index contributed by atoms with van der Waals surface area (Å²) in [5.74, 6) is -0.651. The second-order valence-electron chi connectivity index (χ2n) is 4.02. The van der Waals surface area contributed by atoms with Crippen molar-refractivity contribution >= 4 is 11.9 Å². The summed E-state index contributed by atoms with van der Waals surface area (Å²) in [6.45, 7) is 1.91. The van der Waals surface area contributed by atoms with Gasteiger partial charge in [0.05, 0.1) is 7.11 Å². The topological polar surface area (TPSA) is 94.3 Å². The van der Waals surface area contributed by atoms with Gasteiger partial charge in [-0.05, 0) is 5.56 Å². The van der Waals surface area contributed by atoms with E-state index in [2.05, 4.69) is 20.2 Å². The van der Waals surface area contributed by atoms with Crippen molar-refractivity contribution in [3.8, 4) is 11.4 Å². The number of hydrogen-bond acceptors (Lipinski definition) is 6. The number of ether oxygens (including phenoxy) is 1. The van der Waals surface area contributed by atoms with Gasteiger partial charge in [-0.25, -0.2) is 4.79 Å². The van der Waals surface area contributed by atoms with Gasteiger partial charge in [0, 0.05) is 19.0 Å². The lowest BCUT2D eigenvalue weighted by Crippen LogP contribution is -2.18. The van der Waals surface area contributed by atoms with E-state index in [1.165, 1.54) is 14.0 Å². The second-order valence-corrected chi connectivity index (χ2v) is 4.02. The van der Waals surface area contributed by atoms with Crippen molar-refractivity contribution < 1.29 is 18.8 Å². The van der Waals surface area contributed by atoms with Gasteiger partial charge in [-0.3, -0.25) is 4.79 Å². The Balaban J connectivity index is 2.11. The molecule has 2 aromatic rings. The molecular weight excluding hydrogens is 262 g/mol. The van der Waals surface area contributed by atoms with Gasteiger partial charge < -0.3 is 14.6 Å². The molecule has 1 amide bonds. The Labute approximate surface area is 114 Å². The van der Waals surface area contributed by atoms with Crippen molar-refractivity contribution in [1.82, 2.24) is 15.5 Å². The molecule has 0 saturated heterocycles. The zero-order chi connectivity index (χ0) is 14.5. The average molecular weight is 275 g/mol. The maximum absolute atomic E-state index is 11.2. The second kappa shape index (κ2) is 5.96. The zero-order valence-corrected chi connectivity index (χ0v) is 11.0. The number of carbonyl (C=O) groups excluding carboxylic acids is 2. The van der Waals surface area contributed by atoms with Gasteiger partial charge in [0.25, 0.3) is 0 Å². The predicted octanol–water partition coefficient (Wildman–Crippen LogP) is 1.16. The highest BCUT2D eigenvalue weighted by atomic mass is 16.6. The van der Waals surface area contributed by atoms with Crippen LogP contribution in [0.4, 0.5) is 0 Å². The molecule has 0 aliphatic rings. The van der Waals surface area contributed by atoms with Crippen LogP contribution in [0.15, 0.2) is 28.8 Å². The third-order valence-corrected chi connectivity index (χ3v) is 2.54. The number of carbonyl (C=O) groups is 2. The minimum Gasteiger partial charge on any atom is -0.462 e. The van der Waals surface area contributed by atoms with Crippen LogP contribution in [0.2, 0.25) is 0 Å². The minimum absolute atomic E-state index is 0.0880. The number of aromatic nitrogens is 2. The summed E-state index contributed by atoms with van der Waals surface area (Å²) in [6.07, 6.45) is 0. The molecule has 1 N–H and O–H groups in total. The van der Waals surface area contributed by atoms with Crippen molar-refractivity contribution in [1.29, 1.82) is 0 Å². The van der Waals surface area contributed by atoms with E-state index >= 15 is 0 Å².